The molecule has 2 aromatic rings. The average molecular weight is 266 g/mol. The number of rotatable bonds is 3. The van der Waals surface area contributed by atoms with Crippen LogP contribution in [0.4, 0.5) is 0 Å². The maximum absolute atomic E-state index is 11.3. The van der Waals surface area contributed by atoms with Crippen LogP contribution in [0.2, 0.25) is 0 Å². The summed E-state index contributed by atoms with van der Waals surface area (Å²) in [6, 6.07) is 0. The van der Waals surface area contributed by atoms with E-state index in [1.165, 1.54) is 16.2 Å². The Balaban J connectivity index is 2.59. The zero-order chi connectivity index (χ0) is 13.4. The fourth-order valence-corrected chi connectivity index (χ4v) is 2.63. The summed E-state index contributed by atoms with van der Waals surface area (Å²) in [5, 5.41) is 14.0. The van der Waals surface area contributed by atoms with Crippen molar-refractivity contribution in [3.05, 3.63) is 17.2 Å². The van der Waals surface area contributed by atoms with Crippen LogP contribution in [0.25, 0.3) is 10.6 Å². The van der Waals surface area contributed by atoms with E-state index in [-0.39, 0.29) is 11.6 Å². The maximum Gasteiger partial charge on any atom is 0.354 e. The van der Waals surface area contributed by atoms with Crippen LogP contribution in [-0.2, 0) is 7.05 Å². The first kappa shape index (κ1) is 12.7. The molecule has 0 fully saturated rings. The van der Waals surface area contributed by atoms with E-state index in [2.05, 4.69) is 14.5 Å². The summed E-state index contributed by atoms with van der Waals surface area (Å²) in [6.07, 6.45) is 0. The molecule has 2 aromatic heterocycles. The second kappa shape index (κ2) is 4.49. The Morgan fingerprint density at radius 3 is 2.61 bits per heavy atom. The van der Waals surface area contributed by atoms with E-state index in [9.17, 15) is 9.90 Å². The number of hydrogen-bond donors (Lipinski definition) is 1. The summed E-state index contributed by atoms with van der Waals surface area (Å²) in [5.41, 5.74) is 1.37. The van der Waals surface area contributed by atoms with Gasteiger partial charge in [-0.05, 0) is 18.5 Å². The normalized spacial score (nSPS) is 11.2. The van der Waals surface area contributed by atoms with Crippen LogP contribution in [0.15, 0.2) is 0 Å². The molecule has 0 aromatic carbocycles. The Morgan fingerprint density at radius 1 is 1.44 bits per heavy atom. The third-order valence-electron chi connectivity index (χ3n) is 2.60. The molecule has 7 heteroatoms. The number of aromatic nitrogens is 4. The summed E-state index contributed by atoms with van der Waals surface area (Å²) in [7, 11) is 1.62. The van der Waals surface area contributed by atoms with Crippen molar-refractivity contribution in [1.29, 1.82) is 0 Å². The lowest BCUT2D eigenvalue weighted by Crippen LogP contribution is -2.06. The molecule has 0 aliphatic rings. The van der Waals surface area contributed by atoms with Crippen molar-refractivity contribution in [2.75, 3.05) is 0 Å². The Hall–Kier alpha value is -1.76. The Morgan fingerprint density at radius 2 is 2.11 bits per heavy atom. The minimum atomic E-state index is -1.01. The lowest BCUT2D eigenvalue weighted by Gasteiger charge is -1.98. The third kappa shape index (κ3) is 2.01. The third-order valence-corrected chi connectivity index (χ3v) is 3.34. The molecular formula is C11H14N4O2S. The summed E-state index contributed by atoms with van der Waals surface area (Å²) in [4.78, 5) is 15.7. The Bertz CT molecular complexity index is 600. The van der Waals surface area contributed by atoms with Crippen molar-refractivity contribution in [2.24, 2.45) is 7.05 Å². The summed E-state index contributed by atoms with van der Waals surface area (Å²) in [6.45, 7) is 5.78. The monoisotopic (exact) mass is 266 g/mol. The number of carbonyl (C=O) groups is 1. The molecule has 0 atom stereocenters. The van der Waals surface area contributed by atoms with E-state index in [4.69, 9.17) is 0 Å². The predicted molar refractivity (Wildman–Crippen MR) is 67.9 cm³/mol. The standard InChI is InChI=1S/C11H14N4O2S/c1-5(2)9-12-10(18-14-9)7-6(3)13-15(4)8(7)11(16)17/h5H,1-4H3,(H,16,17). The highest BCUT2D eigenvalue weighted by atomic mass is 32.1. The fraction of sp³-hybridized carbons (Fsp3) is 0.455. The van der Waals surface area contributed by atoms with Crippen molar-refractivity contribution >= 4 is 17.5 Å². The van der Waals surface area contributed by atoms with E-state index >= 15 is 0 Å². The molecule has 2 heterocycles. The average Bonchev–Trinajstić information content (AvgIpc) is 2.81. The summed E-state index contributed by atoms with van der Waals surface area (Å²) >= 11 is 1.21. The smallest absolute Gasteiger partial charge is 0.354 e. The summed E-state index contributed by atoms with van der Waals surface area (Å²) < 4.78 is 5.61. The van der Waals surface area contributed by atoms with Crippen molar-refractivity contribution in [3.63, 3.8) is 0 Å². The highest BCUT2D eigenvalue weighted by Gasteiger charge is 2.23. The molecule has 96 valence electrons. The van der Waals surface area contributed by atoms with Crippen LogP contribution in [-0.4, -0.2) is 30.2 Å². The van der Waals surface area contributed by atoms with Gasteiger partial charge in [0.15, 0.2) is 5.69 Å². The first-order valence-electron chi connectivity index (χ1n) is 5.52. The molecule has 0 aliphatic carbocycles. The minimum absolute atomic E-state index is 0.152. The zero-order valence-electron chi connectivity index (χ0n) is 10.6. The van der Waals surface area contributed by atoms with Gasteiger partial charge >= 0.3 is 5.97 Å². The second-order valence-electron chi connectivity index (χ2n) is 4.35. The number of hydrogen-bond acceptors (Lipinski definition) is 5. The second-order valence-corrected chi connectivity index (χ2v) is 5.10. The van der Waals surface area contributed by atoms with Crippen molar-refractivity contribution in [2.45, 2.75) is 26.7 Å². The molecule has 1 N–H and O–H groups in total. The van der Waals surface area contributed by atoms with Gasteiger partial charge in [0.05, 0.1) is 11.3 Å². The van der Waals surface area contributed by atoms with E-state index in [1.807, 2.05) is 13.8 Å². The molecular weight excluding hydrogens is 252 g/mol. The Kier molecular flexibility index (Phi) is 3.16. The molecule has 2 rings (SSSR count). The van der Waals surface area contributed by atoms with Gasteiger partial charge in [0.2, 0.25) is 0 Å². The van der Waals surface area contributed by atoms with Gasteiger partial charge in [-0.25, -0.2) is 9.78 Å². The van der Waals surface area contributed by atoms with Gasteiger partial charge in [0.25, 0.3) is 0 Å². The fourth-order valence-electron chi connectivity index (χ4n) is 1.73. The van der Waals surface area contributed by atoms with E-state index < -0.39 is 5.97 Å². The Labute approximate surface area is 108 Å². The maximum atomic E-state index is 11.3. The molecule has 0 unspecified atom stereocenters. The lowest BCUT2D eigenvalue weighted by atomic mass is 10.2. The molecule has 0 bridgehead atoms. The van der Waals surface area contributed by atoms with Gasteiger partial charge in [-0.2, -0.15) is 9.47 Å². The van der Waals surface area contributed by atoms with Crippen LogP contribution in [0.5, 0.6) is 0 Å². The number of aromatic carboxylic acids is 1. The molecule has 0 aliphatic heterocycles. The largest absolute Gasteiger partial charge is 0.477 e. The molecule has 18 heavy (non-hydrogen) atoms. The number of aryl methyl sites for hydroxylation is 2. The number of carboxylic acids is 1. The van der Waals surface area contributed by atoms with Crippen molar-refractivity contribution in [1.82, 2.24) is 19.1 Å². The van der Waals surface area contributed by atoms with Crippen LogP contribution < -0.4 is 0 Å². The quantitative estimate of drug-likeness (QED) is 0.919. The van der Waals surface area contributed by atoms with Gasteiger partial charge in [-0.1, -0.05) is 13.8 Å². The highest BCUT2D eigenvalue weighted by molar-refractivity contribution is 7.09. The van der Waals surface area contributed by atoms with Crippen LogP contribution >= 0.6 is 11.5 Å². The van der Waals surface area contributed by atoms with E-state index in [0.29, 0.717) is 16.3 Å². The van der Waals surface area contributed by atoms with Gasteiger partial charge in [0, 0.05) is 13.0 Å². The van der Waals surface area contributed by atoms with Crippen molar-refractivity contribution in [3.8, 4) is 10.6 Å². The molecule has 0 amide bonds. The van der Waals surface area contributed by atoms with Crippen molar-refractivity contribution < 1.29 is 9.90 Å². The van der Waals surface area contributed by atoms with Gasteiger partial charge < -0.3 is 5.11 Å². The molecule has 6 nitrogen and oxygen atoms in total. The molecule has 0 spiro atoms. The molecule has 0 radical (unpaired) electrons. The van der Waals surface area contributed by atoms with Gasteiger partial charge in [-0.3, -0.25) is 4.68 Å². The topological polar surface area (TPSA) is 80.9 Å². The van der Waals surface area contributed by atoms with Crippen LogP contribution in [0.3, 0.4) is 0 Å². The number of nitrogens with zero attached hydrogens (tertiary/aromatic N) is 4. The van der Waals surface area contributed by atoms with Crippen LogP contribution in [0, 0.1) is 6.92 Å². The first-order chi connectivity index (χ1) is 8.41. The first-order valence-corrected chi connectivity index (χ1v) is 6.30. The lowest BCUT2D eigenvalue weighted by molar-refractivity contribution is 0.0686. The predicted octanol–water partition coefficient (Wildman–Crippen LogP) is 2.07. The van der Waals surface area contributed by atoms with E-state index in [1.54, 1.807) is 14.0 Å². The number of carboxylic acid groups (broad SMARTS) is 1. The zero-order valence-corrected chi connectivity index (χ0v) is 11.4. The minimum Gasteiger partial charge on any atom is -0.477 e. The highest BCUT2D eigenvalue weighted by Crippen LogP contribution is 2.29. The molecule has 0 saturated heterocycles. The molecule has 0 saturated carbocycles. The van der Waals surface area contributed by atoms with Gasteiger partial charge in [-0.15, -0.1) is 0 Å². The van der Waals surface area contributed by atoms with Gasteiger partial charge in [0.1, 0.15) is 10.8 Å². The summed E-state index contributed by atoms with van der Waals surface area (Å²) in [5.74, 6) is -0.0516. The van der Waals surface area contributed by atoms with Crippen LogP contribution in [0.1, 0.15) is 41.8 Å². The SMILES string of the molecule is Cc1nn(C)c(C(=O)O)c1-c1nc(C(C)C)ns1. The van der Waals surface area contributed by atoms with E-state index in [0.717, 1.165) is 5.82 Å².